The van der Waals surface area contributed by atoms with E-state index in [0.717, 1.165) is 0 Å². The van der Waals surface area contributed by atoms with Gasteiger partial charge in [-0.3, -0.25) is 0 Å². The Labute approximate surface area is 75.7 Å². The summed E-state index contributed by atoms with van der Waals surface area (Å²) in [6.07, 6.45) is 10.8. The molecule has 0 fully saturated rings. The topological polar surface area (TPSA) is 0 Å². The highest BCUT2D eigenvalue weighted by molar-refractivity contribution is 5.26. The Hall–Kier alpha value is -0.780. The third-order valence-corrected chi connectivity index (χ3v) is 2.31. The van der Waals surface area contributed by atoms with E-state index in [2.05, 4.69) is 58.1 Å². The second kappa shape index (κ2) is 3.30. The van der Waals surface area contributed by atoms with Crippen LogP contribution in [-0.4, -0.2) is 0 Å². The van der Waals surface area contributed by atoms with Crippen LogP contribution in [0.5, 0.6) is 0 Å². The summed E-state index contributed by atoms with van der Waals surface area (Å²) in [5.41, 5.74) is 1.79. The van der Waals surface area contributed by atoms with E-state index in [0.29, 0.717) is 11.3 Å². The average Bonchev–Trinajstić information content (AvgIpc) is 2.11. The second-order valence-corrected chi connectivity index (χ2v) is 4.52. The number of rotatable bonds is 0. The zero-order valence-electron chi connectivity index (χ0n) is 8.46. The molecule has 0 radical (unpaired) electrons. The maximum atomic E-state index is 2.29. The van der Waals surface area contributed by atoms with Crippen LogP contribution >= 0.6 is 0 Å². The minimum atomic E-state index is 0.336. The van der Waals surface area contributed by atoms with Crippen LogP contribution in [0.25, 0.3) is 0 Å². The van der Waals surface area contributed by atoms with Gasteiger partial charge in [0.05, 0.1) is 0 Å². The predicted octanol–water partition coefficient (Wildman–Crippen LogP) is 3.72. The molecule has 0 aromatic carbocycles. The summed E-state index contributed by atoms with van der Waals surface area (Å²) < 4.78 is 0. The Balaban J connectivity index is 2.92. The highest BCUT2D eigenvalue weighted by Crippen LogP contribution is 2.33. The molecule has 0 bridgehead atoms. The van der Waals surface area contributed by atoms with Crippen molar-refractivity contribution in [2.45, 2.75) is 27.7 Å². The van der Waals surface area contributed by atoms with Gasteiger partial charge in [-0.15, -0.1) is 0 Å². The Morgan fingerprint density at radius 2 is 1.75 bits per heavy atom. The lowest BCUT2D eigenvalue weighted by Gasteiger charge is -2.28. The molecule has 0 N–H and O–H groups in total. The van der Waals surface area contributed by atoms with Crippen molar-refractivity contribution < 1.29 is 0 Å². The van der Waals surface area contributed by atoms with Gasteiger partial charge in [0.25, 0.3) is 0 Å². The Morgan fingerprint density at radius 3 is 2.33 bits per heavy atom. The fourth-order valence-corrected chi connectivity index (χ4v) is 1.67. The highest BCUT2D eigenvalue weighted by atomic mass is 14.3. The van der Waals surface area contributed by atoms with Crippen LogP contribution in [0.4, 0.5) is 0 Å². The van der Waals surface area contributed by atoms with Gasteiger partial charge in [0.2, 0.25) is 0 Å². The van der Waals surface area contributed by atoms with Crippen LogP contribution < -0.4 is 0 Å². The molecule has 1 atom stereocenters. The predicted molar refractivity (Wildman–Crippen MR) is 55.0 cm³/mol. The standard InChI is InChI=1S/C12H18/c1-10-8-6-5-7-9-11(10)12(2,3)4/h5-9,11H,1-4H3. The van der Waals surface area contributed by atoms with E-state index in [1.54, 1.807) is 0 Å². The van der Waals surface area contributed by atoms with Crippen molar-refractivity contribution in [3.05, 3.63) is 36.0 Å². The molecule has 1 aliphatic carbocycles. The summed E-state index contributed by atoms with van der Waals surface area (Å²) in [5.74, 6) is 0.576. The molecule has 0 aliphatic heterocycles. The van der Waals surface area contributed by atoms with E-state index in [4.69, 9.17) is 0 Å². The first-order valence-electron chi connectivity index (χ1n) is 4.53. The Bertz CT molecular complexity index is 233. The molecular weight excluding hydrogens is 144 g/mol. The quantitative estimate of drug-likeness (QED) is 0.509. The molecule has 1 unspecified atom stereocenters. The van der Waals surface area contributed by atoms with Gasteiger partial charge in [0, 0.05) is 5.92 Å². The lowest BCUT2D eigenvalue weighted by molar-refractivity contribution is 0.330. The molecule has 66 valence electrons. The van der Waals surface area contributed by atoms with Gasteiger partial charge in [-0.1, -0.05) is 56.7 Å². The number of hydrogen-bond acceptors (Lipinski definition) is 0. The number of allylic oxidation sites excluding steroid dienone is 6. The molecule has 0 heteroatoms. The van der Waals surface area contributed by atoms with Crippen molar-refractivity contribution in [2.75, 3.05) is 0 Å². The van der Waals surface area contributed by atoms with Gasteiger partial charge in [-0.25, -0.2) is 0 Å². The molecule has 0 heterocycles. The third-order valence-electron chi connectivity index (χ3n) is 2.31. The smallest absolute Gasteiger partial charge is 0.00288 e. The van der Waals surface area contributed by atoms with Crippen molar-refractivity contribution in [3.63, 3.8) is 0 Å². The fraction of sp³-hybridized carbons (Fsp3) is 0.500. The maximum Gasteiger partial charge on any atom is 0.00288 e. The molecule has 1 aliphatic rings. The lowest BCUT2D eigenvalue weighted by Crippen LogP contribution is -2.19. The van der Waals surface area contributed by atoms with Gasteiger partial charge in [-0.05, 0) is 12.3 Å². The van der Waals surface area contributed by atoms with Crippen molar-refractivity contribution in [3.8, 4) is 0 Å². The minimum Gasteiger partial charge on any atom is -0.0768 e. The first-order valence-corrected chi connectivity index (χ1v) is 4.53. The molecule has 0 saturated heterocycles. The highest BCUT2D eigenvalue weighted by Gasteiger charge is 2.23. The van der Waals surface area contributed by atoms with E-state index in [1.807, 2.05) is 0 Å². The normalized spacial score (nSPS) is 23.7. The zero-order chi connectivity index (χ0) is 9.19. The molecule has 12 heavy (non-hydrogen) atoms. The minimum absolute atomic E-state index is 0.336. The van der Waals surface area contributed by atoms with Crippen LogP contribution in [0, 0.1) is 11.3 Å². The van der Waals surface area contributed by atoms with Crippen LogP contribution in [0.2, 0.25) is 0 Å². The van der Waals surface area contributed by atoms with Gasteiger partial charge >= 0.3 is 0 Å². The van der Waals surface area contributed by atoms with Crippen LogP contribution in [0.1, 0.15) is 27.7 Å². The zero-order valence-corrected chi connectivity index (χ0v) is 8.46. The summed E-state index contributed by atoms with van der Waals surface area (Å²) >= 11 is 0. The first-order chi connectivity index (χ1) is 5.52. The SMILES string of the molecule is CC1=CC=CC=CC1C(C)(C)C. The fourth-order valence-electron chi connectivity index (χ4n) is 1.67. The summed E-state index contributed by atoms with van der Waals surface area (Å²) in [6.45, 7) is 9.05. The maximum absolute atomic E-state index is 2.29. The van der Waals surface area contributed by atoms with Crippen molar-refractivity contribution >= 4 is 0 Å². The molecule has 0 amide bonds. The molecule has 1 rings (SSSR count). The largest absolute Gasteiger partial charge is 0.0768 e. The van der Waals surface area contributed by atoms with Gasteiger partial charge in [0.1, 0.15) is 0 Å². The lowest BCUT2D eigenvalue weighted by atomic mass is 9.76. The van der Waals surface area contributed by atoms with Crippen molar-refractivity contribution in [2.24, 2.45) is 11.3 Å². The second-order valence-electron chi connectivity index (χ2n) is 4.52. The number of hydrogen-bond donors (Lipinski definition) is 0. The molecule has 0 saturated carbocycles. The van der Waals surface area contributed by atoms with E-state index in [9.17, 15) is 0 Å². The molecule has 0 nitrogen and oxygen atoms in total. The molecule has 0 spiro atoms. The summed E-state index contributed by atoms with van der Waals surface area (Å²) in [6, 6.07) is 0. The Morgan fingerprint density at radius 1 is 1.08 bits per heavy atom. The van der Waals surface area contributed by atoms with Crippen molar-refractivity contribution in [1.82, 2.24) is 0 Å². The van der Waals surface area contributed by atoms with Crippen LogP contribution in [-0.2, 0) is 0 Å². The summed E-state index contributed by atoms with van der Waals surface area (Å²) in [4.78, 5) is 0. The van der Waals surface area contributed by atoms with Gasteiger partial charge in [0.15, 0.2) is 0 Å². The van der Waals surface area contributed by atoms with Crippen LogP contribution in [0.3, 0.4) is 0 Å². The van der Waals surface area contributed by atoms with E-state index < -0.39 is 0 Å². The van der Waals surface area contributed by atoms with Crippen LogP contribution in [0.15, 0.2) is 36.0 Å². The Kier molecular flexibility index (Phi) is 2.56. The van der Waals surface area contributed by atoms with Crippen molar-refractivity contribution in [1.29, 1.82) is 0 Å². The van der Waals surface area contributed by atoms with E-state index in [1.165, 1.54) is 5.57 Å². The average molecular weight is 162 g/mol. The molecule has 0 aromatic heterocycles. The van der Waals surface area contributed by atoms with E-state index in [-0.39, 0.29) is 0 Å². The first kappa shape index (κ1) is 9.31. The monoisotopic (exact) mass is 162 g/mol. The van der Waals surface area contributed by atoms with Gasteiger partial charge < -0.3 is 0 Å². The summed E-state index contributed by atoms with van der Waals surface area (Å²) in [5, 5.41) is 0. The molecular formula is C12H18. The van der Waals surface area contributed by atoms with E-state index >= 15 is 0 Å². The van der Waals surface area contributed by atoms with Gasteiger partial charge in [-0.2, -0.15) is 0 Å². The molecule has 0 aromatic rings. The summed E-state index contributed by atoms with van der Waals surface area (Å²) in [7, 11) is 0. The third kappa shape index (κ3) is 2.10.